The molecule has 146 valence electrons. The molecule has 1 saturated carbocycles. The van der Waals surface area contributed by atoms with Crippen LogP contribution in [0.5, 0.6) is 5.75 Å². The van der Waals surface area contributed by atoms with E-state index in [-0.39, 0.29) is 30.3 Å². The van der Waals surface area contributed by atoms with Gasteiger partial charge in [-0.05, 0) is 56.6 Å². The highest BCUT2D eigenvalue weighted by atomic mass is 16.5. The van der Waals surface area contributed by atoms with Crippen LogP contribution in [0.15, 0.2) is 24.3 Å². The minimum Gasteiger partial charge on any atom is -0.485 e. The molecule has 0 bridgehead atoms. The summed E-state index contributed by atoms with van der Waals surface area (Å²) in [6, 6.07) is 7.36. The van der Waals surface area contributed by atoms with Gasteiger partial charge in [0.15, 0.2) is 0 Å². The summed E-state index contributed by atoms with van der Waals surface area (Å²) in [6.45, 7) is 2.12. The summed E-state index contributed by atoms with van der Waals surface area (Å²) in [5.74, 6) is 1.00. The van der Waals surface area contributed by atoms with Crippen LogP contribution in [-0.2, 0) is 4.79 Å². The quantitative estimate of drug-likeness (QED) is 0.832. The highest BCUT2D eigenvalue weighted by Gasteiger charge is 2.42. The SMILES string of the molecule is O=C1NCC2(CCC(C(=O)N3CCC[C@H](CO)C3)CC2)Oc2ccccc21. The van der Waals surface area contributed by atoms with Crippen molar-refractivity contribution < 1.29 is 19.4 Å². The number of para-hydroxylation sites is 1. The van der Waals surface area contributed by atoms with Crippen molar-refractivity contribution in [3.05, 3.63) is 29.8 Å². The molecule has 0 aromatic heterocycles. The van der Waals surface area contributed by atoms with E-state index in [1.54, 1.807) is 6.07 Å². The highest BCUT2D eigenvalue weighted by molar-refractivity contribution is 5.97. The first-order chi connectivity index (χ1) is 13.1. The van der Waals surface area contributed by atoms with Crippen LogP contribution < -0.4 is 10.1 Å². The molecule has 1 aromatic rings. The van der Waals surface area contributed by atoms with Crippen LogP contribution in [-0.4, -0.2) is 53.7 Å². The molecule has 0 unspecified atom stereocenters. The molecule has 6 heteroatoms. The van der Waals surface area contributed by atoms with Crippen molar-refractivity contribution in [1.29, 1.82) is 0 Å². The lowest BCUT2D eigenvalue weighted by atomic mass is 9.77. The van der Waals surface area contributed by atoms with E-state index in [2.05, 4.69) is 5.32 Å². The Balaban J connectivity index is 1.41. The third-order valence-corrected chi connectivity index (χ3v) is 6.36. The van der Waals surface area contributed by atoms with Gasteiger partial charge in [0.25, 0.3) is 5.91 Å². The largest absolute Gasteiger partial charge is 0.485 e. The number of carbonyl (C=O) groups excluding carboxylic acids is 2. The number of nitrogens with zero attached hydrogens (tertiary/aromatic N) is 1. The van der Waals surface area contributed by atoms with Crippen molar-refractivity contribution >= 4 is 11.8 Å². The monoisotopic (exact) mass is 372 g/mol. The Hall–Kier alpha value is -2.08. The Morgan fingerprint density at radius 3 is 2.81 bits per heavy atom. The number of benzene rings is 1. The van der Waals surface area contributed by atoms with Crippen molar-refractivity contribution in [2.45, 2.75) is 44.1 Å². The Kier molecular flexibility index (Phi) is 5.08. The number of rotatable bonds is 2. The number of ether oxygens (including phenoxy) is 1. The number of amides is 2. The summed E-state index contributed by atoms with van der Waals surface area (Å²) >= 11 is 0. The summed E-state index contributed by atoms with van der Waals surface area (Å²) in [5, 5.41) is 12.4. The number of fused-ring (bicyclic) bond motifs is 1. The third kappa shape index (κ3) is 3.68. The van der Waals surface area contributed by atoms with Gasteiger partial charge in [-0.3, -0.25) is 9.59 Å². The van der Waals surface area contributed by atoms with Crippen molar-refractivity contribution in [2.24, 2.45) is 11.8 Å². The predicted octanol–water partition coefficient (Wildman–Crippen LogP) is 1.97. The van der Waals surface area contributed by atoms with E-state index in [1.807, 2.05) is 23.1 Å². The number of hydrogen-bond donors (Lipinski definition) is 2. The Labute approximate surface area is 159 Å². The molecule has 2 heterocycles. The molecule has 6 nitrogen and oxygen atoms in total. The zero-order valence-electron chi connectivity index (χ0n) is 15.7. The topological polar surface area (TPSA) is 78.9 Å². The summed E-state index contributed by atoms with van der Waals surface area (Å²) in [6.07, 6.45) is 5.04. The van der Waals surface area contributed by atoms with Crippen molar-refractivity contribution in [3.8, 4) is 5.75 Å². The maximum atomic E-state index is 12.9. The molecule has 2 fully saturated rings. The average molecular weight is 372 g/mol. The Bertz CT molecular complexity index is 712. The predicted molar refractivity (Wildman–Crippen MR) is 100 cm³/mol. The van der Waals surface area contributed by atoms with Gasteiger partial charge < -0.3 is 20.1 Å². The van der Waals surface area contributed by atoms with Crippen molar-refractivity contribution in [2.75, 3.05) is 26.2 Å². The fourth-order valence-corrected chi connectivity index (χ4v) is 4.69. The average Bonchev–Trinajstić information content (AvgIpc) is 2.85. The van der Waals surface area contributed by atoms with Gasteiger partial charge in [-0.25, -0.2) is 0 Å². The molecule has 2 N–H and O–H groups in total. The van der Waals surface area contributed by atoms with Crippen LogP contribution >= 0.6 is 0 Å². The maximum absolute atomic E-state index is 12.9. The minimum atomic E-state index is -0.422. The lowest BCUT2D eigenvalue weighted by Gasteiger charge is -2.41. The number of nitrogens with one attached hydrogen (secondary N) is 1. The first-order valence-corrected chi connectivity index (χ1v) is 10.1. The molecule has 1 atom stereocenters. The van der Waals surface area contributed by atoms with Crippen LogP contribution in [0.2, 0.25) is 0 Å². The summed E-state index contributed by atoms with van der Waals surface area (Å²) in [4.78, 5) is 27.2. The molecule has 2 amide bonds. The fraction of sp³-hybridized carbons (Fsp3) is 0.619. The molecular weight excluding hydrogens is 344 g/mol. The number of likely N-dealkylation sites (tertiary alicyclic amines) is 1. The first kappa shape index (κ1) is 18.3. The second-order valence-electron chi connectivity index (χ2n) is 8.21. The van der Waals surface area contributed by atoms with E-state index in [0.29, 0.717) is 24.4 Å². The zero-order chi connectivity index (χ0) is 18.9. The normalized spacial score (nSPS) is 30.9. The van der Waals surface area contributed by atoms with Crippen LogP contribution in [0.3, 0.4) is 0 Å². The van der Waals surface area contributed by atoms with Crippen LogP contribution in [0.4, 0.5) is 0 Å². The molecule has 27 heavy (non-hydrogen) atoms. The first-order valence-electron chi connectivity index (χ1n) is 10.1. The van der Waals surface area contributed by atoms with E-state index >= 15 is 0 Å². The number of carbonyl (C=O) groups is 2. The molecular formula is C21H28N2O4. The molecule has 1 aromatic carbocycles. The molecule has 3 aliphatic rings. The van der Waals surface area contributed by atoms with Crippen molar-refractivity contribution in [3.63, 3.8) is 0 Å². The minimum absolute atomic E-state index is 0.0193. The van der Waals surface area contributed by atoms with E-state index in [4.69, 9.17) is 4.74 Å². The summed E-state index contributed by atoms with van der Waals surface area (Å²) < 4.78 is 6.32. The molecule has 0 radical (unpaired) electrons. The van der Waals surface area contributed by atoms with Gasteiger partial charge in [0.1, 0.15) is 11.4 Å². The van der Waals surface area contributed by atoms with Crippen LogP contribution in [0, 0.1) is 11.8 Å². The lowest BCUT2D eigenvalue weighted by molar-refractivity contribution is -0.140. The standard InChI is InChI=1S/C21H28N2O4/c24-13-15-4-3-11-23(12-15)20(26)16-7-9-21(10-8-16)14-22-19(25)17-5-1-2-6-18(17)27-21/h1-2,5-6,15-16,24H,3-4,7-14H2,(H,22,25)/t15-,16?,21?/m0/s1. The van der Waals surface area contributed by atoms with E-state index in [9.17, 15) is 14.7 Å². The maximum Gasteiger partial charge on any atom is 0.255 e. The van der Waals surface area contributed by atoms with Gasteiger partial charge in [0.05, 0.1) is 12.1 Å². The van der Waals surface area contributed by atoms with Crippen LogP contribution in [0.25, 0.3) is 0 Å². The van der Waals surface area contributed by atoms with Gasteiger partial charge >= 0.3 is 0 Å². The molecule has 2 aliphatic heterocycles. The number of aliphatic hydroxyl groups is 1. The lowest BCUT2D eigenvalue weighted by Crippen LogP contribution is -2.50. The Morgan fingerprint density at radius 2 is 2.04 bits per heavy atom. The van der Waals surface area contributed by atoms with Gasteiger partial charge in [-0.15, -0.1) is 0 Å². The zero-order valence-corrected chi connectivity index (χ0v) is 15.7. The van der Waals surface area contributed by atoms with Gasteiger partial charge in [-0.1, -0.05) is 12.1 Å². The van der Waals surface area contributed by atoms with E-state index < -0.39 is 5.60 Å². The van der Waals surface area contributed by atoms with Gasteiger partial charge in [0.2, 0.25) is 5.91 Å². The van der Waals surface area contributed by atoms with Crippen LogP contribution in [0.1, 0.15) is 48.9 Å². The van der Waals surface area contributed by atoms with E-state index in [1.165, 1.54) is 0 Å². The second kappa shape index (κ2) is 7.50. The number of piperidine rings is 1. The Morgan fingerprint density at radius 1 is 1.26 bits per heavy atom. The van der Waals surface area contributed by atoms with Gasteiger partial charge in [-0.2, -0.15) is 0 Å². The summed E-state index contributed by atoms with van der Waals surface area (Å²) in [5.41, 5.74) is 0.158. The smallest absolute Gasteiger partial charge is 0.255 e. The van der Waals surface area contributed by atoms with Crippen molar-refractivity contribution in [1.82, 2.24) is 10.2 Å². The molecule has 4 rings (SSSR count). The number of hydrogen-bond acceptors (Lipinski definition) is 4. The van der Waals surface area contributed by atoms with Gasteiger partial charge in [0, 0.05) is 25.6 Å². The molecule has 1 saturated heterocycles. The third-order valence-electron chi connectivity index (χ3n) is 6.36. The number of aliphatic hydroxyl groups excluding tert-OH is 1. The molecule has 1 spiro atoms. The van der Waals surface area contributed by atoms with E-state index in [0.717, 1.165) is 45.1 Å². The molecule has 1 aliphatic carbocycles. The highest BCUT2D eigenvalue weighted by Crippen LogP contribution is 2.39. The fourth-order valence-electron chi connectivity index (χ4n) is 4.69. The second-order valence-corrected chi connectivity index (χ2v) is 8.21. The summed E-state index contributed by atoms with van der Waals surface area (Å²) in [7, 11) is 0.